The zero-order valence-corrected chi connectivity index (χ0v) is 17.5. The Bertz CT molecular complexity index is 1350. The van der Waals surface area contributed by atoms with Gasteiger partial charge in [-0.2, -0.15) is 13.2 Å². The summed E-state index contributed by atoms with van der Waals surface area (Å²) in [6.45, 7) is -0.248. The van der Waals surface area contributed by atoms with Crippen molar-refractivity contribution in [1.82, 2.24) is 9.55 Å². The second-order valence-electron chi connectivity index (χ2n) is 7.13. The second-order valence-corrected chi connectivity index (χ2v) is 7.57. The lowest BCUT2D eigenvalue weighted by Gasteiger charge is -2.15. The number of carbonyl (C=O) groups excluding carboxylic acids is 2. The number of Topliss-reactive ketones (excluding diaryl/α,β-unsaturated/α-hetero) is 1. The molecular weight excluding hydrogens is 459 g/mol. The lowest BCUT2D eigenvalue weighted by atomic mass is 10.0. The lowest BCUT2D eigenvalue weighted by Crippen LogP contribution is -2.26. The Kier molecular flexibility index (Phi) is 5.82. The third-order valence-electron chi connectivity index (χ3n) is 4.91. The molecule has 33 heavy (non-hydrogen) atoms. The van der Waals surface area contributed by atoms with E-state index < -0.39 is 29.1 Å². The normalized spacial score (nSPS) is 11.5. The zero-order valence-electron chi connectivity index (χ0n) is 16.7. The number of nitrogens with zero attached hydrogens (tertiary/aromatic N) is 2. The number of phenols is 1. The Morgan fingerprint density at radius 2 is 1.79 bits per heavy atom. The molecule has 4 rings (SSSR count). The van der Waals surface area contributed by atoms with Gasteiger partial charge in [0.1, 0.15) is 17.3 Å². The average Bonchev–Trinajstić information content (AvgIpc) is 3.09. The Hall–Kier alpha value is -3.85. The predicted molar refractivity (Wildman–Crippen MR) is 116 cm³/mol. The van der Waals surface area contributed by atoms with E-state index in [2.05, 4.69) is 10.3 Å². The van der Waals surface area contributed by atoms with Gasteiger partial charge in [0.25, 0.3) is 11.7 Å². The fraction of sp³-hybridized carbons (Fsp3) is 0.0870. The van der Waals surface area contributed by atoms with Crippen LogP contribution in [0.3, 0.4) is 0 Å². The fourth-order valence-electron chi connectivity index (χ4n) is 3.53. The Labute approximate surface area is 190 Å². The number of aromatic hydroxyl groups is 1. The number of phenolic OH excluding ortho intramolecular Hbond substituents is 1. The topological polar surface area (TPSA) is 84.2 Å². The molecule has 4 aromatic rings. The summed E-state index contributed by atoms with van der Waals surface area (Å²) >= 11 is 5.87. The van der Waals surface area contributed by atoms with Crippen molar-refractivity contribution in [2.24, 2.45) is 0 Å². The number of ketones is 1. The third-order valence-corrected chi connectivity index (χ3v) is 5.16. The van der Waals surface area contributed by atoms with Crippen LogP contribution in [0.4, 0.5) is 19.0 Å². The number of carbonyl (C=O) groups is 2. The molecule has 10 heteroatoms. The largest absolute Gasteiger partial charge is 0.508 e. The van der Waals surface area contributed by atoms with E-state index in [9.17, 15) is 27.9 Å². The van der Waals surface area contributed by atoms with E-state index in [0.29, 0.717) is 10.6 Å². The van der Waals surface area contributed by atoms with Crippen molar-refractivity contribution in [3.8, 4) is 5.75 Å². The van der Waals surface area contributed by atoms with Gasteiger partial charge >= 0.3 is 6.18 Å². The molecule has 1 amide bonds. The van der Waals surface area contributed by atoms with Crippen molar-refractivity contribution in [2.45, 2.75) is 12.7 Å². The molecule has 0 aliphatic carbocycles. The minimum atomic E-state index is -4.97. The van der Waals surface area contributed by atoms with Gasteiger partial charge < -0.3 is 15.0 Å². The van der Waals surface area contributed by atoms with Crippen molar-refractivity contribution in [1.29, 1.82) is 0 Å². The number of fused-ring (bicyclic) bond motifs is 1. The summed E-state index contributed by atoms with van der Waals surface area (Å²) < 4.78 is 43.7. The van der Waals surface area contributed by atoms with Gasteiger partial charge in [0.2, 0.25) is 0 Å². The van der Waals surface area contributed by atoms with Gasteiger partial charge in [-0.1, -0.05) is 29.8 Å². The molecule has 2 heterocycles. The number of alkyl halides is 3. The quantitative estimate of drug-likeness (QED) is 0.305. The molecule has 0 saturated heterocycles. The van der Waals surface area contributed by atoms with Crippen molar-refractivity contribution in [2.75, 3.05) is 5.32 Å². The molecule has 0 aliphatic rings. The average molecular weight is 474 g/mol. The molecule has 168 valence electrons. The van der Waals surface area contributed by atoms with Crippen LogP contribution in [0.5, 0.6) is 5.75 Å². The summed E-state index contributed by atoms with van der Waals surface area (Å²) in [5.74, 6) is -3.03. The van der Waals surface area contributed by atoms with E-state index in [0.717, 1.165) is 10.6 Å². The fourth-order valence-corrected chi connectivity index (χ4v) is 3.65. The highest BCUT2D eigenvalue weighted by Crippen LogP contribution is 2.40. The summed E-state index contributed by atoms with van der Waals surface area (Å²) in [6.07, 6.45) is -3.62. The Morgan fingerprint density at radius 1 is 1.06 bits per heavy atom. The monoisotopic (exact) mass is 473 g/mol. The lowest BCUT2D eigenvalue weighted by molar-refractivity contribution is -0.143. The van der Waals surface area contributed by atoms with Crippen LogP contribution in [0.15, 0.2) is 66.9 Å². The summed E-state index contributed by atoms with van der Waals surface area (Å²) in [7, 11) is 0. The third kappa shape index (κ3) is 4.54. The van der Waals surface area contributed by atoms with E-state index in [4.69, 9.17) is 11.6 Å². The first-order chi connectivity index (χ1) is 15.6. The van der Waals surface area contributed by atoms with Crippen LogP contribution in [0.1, 0.15) is 21.6 Å². The highest BCUT2D eigenvalue weighted by Gasteiger charge is 2.42. The molecule has 0 unspecified atom stereocenters. The predicted octanol–water partition coefficient (Wildman–Crippen LogP) is 5.28. The van der Waals surface area contributed by atoms with E-state index in [1.165, 1.54) is 36.5 Å². The van der Waals surface area contributed by atoms with Crippen molar-refractivity contribution >= 4 is 40.0 Å². The number of nitrogens with one attached hydrogen (secondary N) is 1. The molecule has 2 N–H and O–H groups in total. The molecule has 0 atom stereocenters. The highest BCUT2D eigenvalue weighted by molar-refractivity contribution is 6.48. The molecule has 0 spiro atoms. The van der Waals surface area contributed by atoms with Crippen molar-refractivity contribution < 1.29 is 27.9 Å². The Morgan fingerprint density at radius 3 is 2.42 bits per heavy atom. The number of rotatable bonds is 5. The number of hydrogen-bond acceptors (Lipinski definition) is 4. The molecule has 6 nitrogen and oxygen atoms in total. The van der Waals surface area contributed by atoms with Crippen LogP contribution in [-0.4, -0.2) is 26.3 Å². The first-order valence-electron chi connectivity index (χ1n) is 9.58. The van der Waals surface area contributed by atoms with Crippen molar-refractivity contribution in [3.05, 3.63) is 88.7 Å². The van der Waals surface area contributed by atoms with E-state index in [-0.39, 0.29) is 29.0 Å². The van der Waals surface area contributed by atoms with Gasteiger partial charge in [-0.3, -0.25) is 9.59 Å². The van der Waals surface area contributed by atoms with Crippen LogP contribution >= 0.6 is 11.6 Å². The second kappa shape index (κ2) is 8.59. The minimum Gasteiger partial charge on any atom is -0.508 e. The van der Waals surface area contributed by atoms with Gasteiger partial charge in [0.05, 0.1) is 5.56 Å². The summed E-state index contributed by atoms with van der Waals surface area (Å²) in [4.78, 5) is 29.4. The van der Waals surface area contributed by atoms with Gasteiger partial charge in [0, 0.05) is 28.7 Å². The maximum atomic E-state index is 14.3. The summed E-state index contributed by atoms with van der Waals surface area (Å²) in [6, 6.07) is 14.2. The van der Waals surface area contributed by atoms with Crippen LogP contribution < -0.4 is 5.32 Å². The molecule has 0 aliphatic heterocycles. The molecular formula is C23H15ClF3N3O3. The van der Waals surface area contributed by atoms with Crippen LogP contribution in [-0.2, 0) is 17.5 Å². The number of benzene rings is 2. The Balaban J connectivity index is 1.89. The molecule has 2 aromatic carbocycles. The minimum absolute atomic E-state index is 0.0113. The number of halogens is 4. The van der Waals surface area contributed by atoms with Crippen molar-refractivity contribution in [3.63, 3.8) is 0 Å². The molecule has 0 fully saturated rings. The maximum Gasteiger partial charge on any atom is 0.432 e. The van der Waals surface area contributed by atoms with E-state index >= 15 is 0 Å². The number of anilines is 1. The first kappa shape index (κ1) is 22.3. The summed E-state index contributed by atoms with van der Waals surface area (Å²) in [5, 5.41) is 12.3. The number of aromatic nitrogens is 2. The highest BCUT2D eigenvalue weighted by atomic mass is 35.5. The summed E-state index contributed by atoms with van der Waals surface area (Å²) in [5.41, 5.74) is -1.62. The van der Waals surface area contributed by atoms with Crippen LogP contribution in [0, 0.1) is 0 Å². The van der Waals surface area contributed by atoms with E-state index in [1.54, 1.807) is 24.3 Å². The maximum absolute atomic E-state index is 14.3. The van der Waals surface area contributed by atoms with Gasteiger partial charge in [-0.05, 0) is 48.0 Å². The molecule has 0 radical (unpaired) electrons. The van der Waals surface area contributed by atoms with Crippen LogP contribution in [0.2, 0.25) is 5.02 Å². The molecule has 0 saturated carbocycles. The molecule has 0 bridgehead atoms. The standard InChI is InChI=1S/C23H15ClF3N3O3/c24-14-6-4-13(5-7-14)12-30-17-9-8-15(31)11-16(17)19(21(30)23(25,26)27)20(32)22(33)29-18-3-1-2-10-28-18/h1-11,31H,12H2,(H,28,29,33). The first-order valence-corrected chi connectivity index (χ1v) is 9.96. The SMILES string of the molecule is O=C(Nc1ccccn1)C(=O)c1c(C(F)(F)F)n(Cc2ccc(Cl)cc2)c2ccc(O)cc12. The van der Waals surface area contributed by atoms with Gasteiger partial charge in [-0.15, -0.1) is 0 Å². The number of pyridine rings is 1. The zero-order chi connectivity index (χ0) is 23.8. The number of amides is 1. The van der Waals surface area contributed by atoms with E-state index in [1.807, 2.05) is 0 Å². The van der Waals surface area contributed by atoms with Gasteiger partial charge in [0.15, 0.2) is 0 Å². The van der Waals surface area contributed by atoms with Crippen LogP contribution in [0.25, 0.3) is 10.9 Å². The van der Waals surface area contributed by atoms with Gasteiger partial charge in [-0.25, -0.2) is 4.98 Å². The molecule has 2 aromatic heterocycles. The number of hydrogen-bond donors (Lipinski definition) is 2. The smallest absolute Gasteiger partial charge is 0.432 e.